The predicted molar refractivity (Wildman–Crippen MR) is 214 cm³/mol. The van der Waals surface area contributed by atoms with Crippen molar-refractivity contribution in [1.29, 1.82) is 0 Å². The number of nitrogens with one attached hydrogen (secondary N) is 1. The Hall–Kier alpha value is -4.69. The number of ether oxygens (including phenoxy) is 2. The zero-order valence-corrected chi connectivity index (χ0v) is 32.3. The Morgan fingerprint density at radius 3 is 2.64 bits per heavy atom. The summed E-state index contributed by atoms with van der Waals surface area (Å²) in [6, 6.07) is 17.4. The maximum atomic E-state index is 13.6. The molecule has 6 aliphatic rings. The Balaban J connectivity index is 0.843. The highest BCUT2D eigenvalue weighted by Gasteiger charge is 2.58. The first-order valence-electron chi connectivity index (χ1n) is 20.0. The number of aromatic carboxylic acids is 1. The molecular weight excluding hydrogens is 727 g/mol. The molecule has 11 rings (SSSR count). The molecule has 2 aromatic carbocycles. The predicted octanol–water partition coefficient (Wildman–Crippen LogP) is 6.76. The Labute approximate surface area is 329 Å². The fourth-order valence-corrected chi connectivity index (χ4v) is 11.8. The van der Waals surface area contributed by atoms with E-state index >= 15 is 0 Å². The van der Waals surface area contributed by atoms with Crippen LogP contribution < -0.4 is 10.2 Å². The van der Waals surface area contributed by atoms with E-state index in [0.717, 1.165) is 79.3 Å². The van der Waals surface area contributed by atoms with E-state index in [0.29, 0.717) is 53.4 Å². The van der Waals surface area contributed by atoms with Crippen LogP contribution in [0.3, 0.4) is 0 Å². The van der Waals surface area contributed by atoms with E-state index in [-0.39, 0.29) is 22.6 Å². The smallest absolute Gasteiger partial charge is 0.355 e. The van der Waals surface area contributed by atoms with Crippen LogP contribution in [-0.2, 0) is 29.0 Å². The van der Waals surface area contributed by atoms with Gasteiger partial charge in [0.25, 0.3) is 5.91 Å². The summed E-state index contributed by atoms with van der Waals surface area (Å²) < 4.78 is 15.4. The topological polar surface area (TPSA) is 135 Å². The fraction of sp³-hybridized carbons (Fsp3) is 0.465. The third-order valence-electron chi connectivity index (χ3n) is 12.9. The molecule has 5 heterocycles. The molecule has 2 unspecified atom stereocenters. The number of carboxylic acid groups (broad SMARTS) is 1. The number of anilines is 2. The maximum Gasteiger partial charge on any atom is 0.355 e. The van der Waals surface area contributed by atoms with E-state index in [4.69, 9.17) is 19.6 Å². The number of para-hydroxylation sites is 1. The summed E-state index contributed by atoms with van der Waals surface area (Å²) in [5.41, 5.74) is 4.84. The molecule has 2 atom stereocenters. The van der Waals surface area contributed by atoms with Crippen molar-refractivity contribution < 1.29 is 24.2 Å². The number of carbonyl (C=O) groups is 2. The Kier molecular flexibility index (Phi) is 9.15. The van der Waals surface area contributed by atoms with Gasteiger partial charge in [0.1, 0.15) is 5.82 Å². The van der Waals surface area contributed by atoms with Gasteiger partial charge in [0.05, 0.1) is 41.8 Å². The van der Waals surface area contributed by atoms with Gasteiger partial charge in [0.15, 0.2) is 10.8 Å². The van der Waals surface area contributed by atoms with E-state index < -0.39 is 5.97 Å². The third kappa shape index (κ3) is 6.88. The van der Waals surface area contributed by atoms with Crippen molar-refractivity contribution in [2.24, 2.45) is 17.3 Å². The van der Waals surface area contributed by atoms with Crippen LogP contribution in [0.4, 0.5) is 10.9 Å². The van der Waals surface area contributed by atoms with E-state index in [2.05, 4.69) is 26.2 Å². The van der Waals surface area contributed by atoms with Crippen LogP contribution in [0.2, 0.25) is 0 Å². The first kappa shape index (κ1) is 35.7. The summed E-state index contributed by atoms with van der Waals surface area (Å²) in [7, 11) is 0. The minimum atomic E-state index is -1.08. The molecule has 56 heavy (non-hydrogen) atoms. The van der Waals surface area contributed by atoms with Gasteiger partial charge in [-0.1, -0.05) is 35.6 Å². The zero-order chi connectivity index (χ0) is 37.9. The first-order valence-corrected chi connectivity index (χ1v) is 20.8. The van der Waals surface area contributed by atoms with Crippen molar-refractivity contribution >= 4 is 44.4 Å². The van der Waals surface area contributed by atoms with Gasteiger partial charge in [0, 0.05) is 62.2 Å². The van der Waals surface area contributed by atoms with Crippen LogP contribution in [0.5, 0.6) is 0 Å². The van der Waals surface area contributed by atoms with Gasteiger partial charge in [-0.2, -0.15) is 5.10 Å². The van der Waals surface area contributed by atoms with Crippen molar-refractivity contribution in [3.05, 3.63) is 89.4 Å². The lowest BCUT2D eigenvalue weighted by molar-refractivity contribution is -0.198. The normalized spacial score (nSPS) is 25.8. The number of carbonyl (C=O) groups excluding carboxylic acids is 1. The standard InChI is InChI=1S/C43H47N7O5S/c51-39(47-41-45-35-6-1-2-7-36(35)56-41)33-5-3-4-30-10-11-49(25-34(30)33)37-9-8-32(38(46-37)40(52)53)31-23-44-50(24-31)27-42-19-28-18-29(20-42)22-43(21-28,26-42)55-17-14-48-12-15-54-16-13-48/h1-9,23-24,28-29H,10-22,25-27H2,(H,52,53)(H,45,47,51). The molecule has 0 spiro atoms. The number of pyridine rings is 1. The number of aromatic nitrogens is 4. The van der Waals surface area contributed by atoms with Gasteiger partial charge >= 0.3 is 5.97 Å². The highest BCUT2D eigenvalue weighted by molar-refractivity contribution is 7.22. The molecule has 1 amide bonds. The van der Waals surface area contributed by atoms with Gasteiger partial charge in [-0.3, -0.25) is 19.7 Å². The summed E-state index contributed by atoms with van der Waals surface area (Å²) >= 11 is 1.45. The third-order valence-corrected chi connectivity index (χ3v) is 13.9. The number of thiazole rings is 1. The molecule has 4 saturated carbocycles. The molecule has 5 fully saturated rings. The lowest BCUT2D eigenvalue weighted by atomic mass is 9.48. The Morgan fingerprint density at radius 2 is 1.82 bits per heavy atom. The number of rotatable bonds is 11. The minimum Gasteiger partial charge on any atom is -0.476 e. The second-order valence-electron chi connectivity index (χ2n) is 16.8. The molecule has 1 saturated heterocycles. The number of benzene rings is 2. The quantitative estimate of drug-likeness (QED) is 0.148. The summed E-state index contributed by atoms with van der Waals surface area (Å²) in [6.45, 7) is 7.21. The lowest BCUT2D eigenvalue weighted by Crippen LogP contribution is -2.58. The molecule has 4 aliphatic carbocycles. The van der Waals surface area contributed by atoms with E-state index in [9.17, 15) is 14.7 Å². The second-order valence-corrected chi connectivity index (χ2v) is 17.8. The number of morpholine rings is 1. The molecule has 12 nitrogen and oxygen atoms in total. The largest absolute Gasteiger partial charge is 0.476 e. The number of hydrogen-bond donors (Lipinski definition) is 2. The molecule has 2 N–H and O–H groups in total. The Morgan fingerprint density at radius 1 is 0.982 bits per heavy atom. The highest BCUT2D eigenvalue weighted by atomic mass is 32.1. The van der Waals surface area contributed by atoms with E-state index in [1.165, 1.54) is 43.4 Å². The number of carboxylic acids is 1. The van der Waals surface area contributed by atoms with Crippen molar-refractivity contribution in [1.82, 2.24) is 24.6 Å². The molecule has 2 aliphatic heterocycles. The summed E-state index contributed by atoms with van der Waals surface area (Å²) in [5, 5.41) is 18.8. The average Bonchev–Trinajstić information content (AvgIpc) is 3.83. The number of amides is 1. The van der Waals surface area contributed by atoms with Crippen LogP contribution in [0.25, 0.3) is 21.3 Å². The van der Waals surface area contributed by atoms with Crippen molar-refractivity contribution in [2.75, 3.05) is 56.2 Å². The molecule has 3 aromatic heterocycles. The van der Waals surface area contributed by atoms with Gasteiger partial charge < -0.3 is 19.5 Å². The second kappa shape index (κ2) is 14.4. The molecule has 4 bridgehead atoms. The van der Waals surface area contributed by atoms with Crippen molar-refractivity contribution in [3.8, 4) is 11.1 Å². The number of hydrogen-bond acceptors (Lipinski definition) is 10. The summed E-state index contributed by atoms with van der Waals surface area (Å²) in [6.07, 6.45) is 11.6. The van der Waals surface area contributed by atoms with Gasteiger partial charge in [-0.25, -0.2) is 14.8 Å². The van der Waals surface area contributed by atoms with Gasteiger partial charge in [-0.05, 0) is 104 Å². The minimum absolute atomic E-state index is 0.00265. The van der Waals surface area contributed by atoms with Crippen LogP contribution in [0, 0.1) is 17.3 Å². The summed E-state index contributed by atoms with van der Waals surface area (Å²) in [5.74, 6) is 0.652. The number of nitrogens with zero attached hydrogens (tertiary/aromatic N) is 6. The SMILES string of the molecule is O=C(Nc1nc2ccccc2s1)c1cccc2c1CN(c1ccc(-c3cnn(CC45CC6CC(C4)CC(OCCN4CCOCC4)(C6)C5)c3)c(C(=O)O)n1)CC2. The fourth-order valence-electron chi connectivity index (χ4n) is 11.0. The number of fused-ring (bicyclic) bond motifs is 2. The Bertz CT molecular complexity index is 2250. The highest BCUT2D eigenvalue weighted by Crippen LogP contribution is 2.63. The maximum absolute atomic E-state index is 13.6. The van der Waals surface area contributed by atoms with Crippen LogP contribution in [-0.4, -0.2) is 93.2 Å². The molecular formula is C43H47N7O5S. The van der Waals surface area contributed by atoms with E-state index in [1.54, 1.807) is 6.20 Å². The van der Waals surface area contributed by atoms with Crippen LogP contribution in [0.1, 0.15) is 70.5 Å². The average molecular weight is 774 g/mol. The summed E-state index contributed by atoms with van der Waals surface area (Å²) in [4.78, 5) is 40.2. The molecule has 13 heteroatoms. The first-order chi connectivity index (χ1) is 27.3. The lowest BCUT2D eigenvalue weighted by Gasteiger charge is -2.61. The zero-order valence-electron chi connectivity index (χ0n) is 31.5. The molecule has 5 aromatic rings. The van der Waals surface area contributed by atoms with Crippen molar-refractivity contribution in [3.63, 3.8) is 0 Å². The molecule has 0 radical (unpaired) electrons. The van der Waals surface area contributed by atoms with Crippen molar-refractivity contribution in [2.45, 2.75) is 63.6 Å². The molecule has 290 valence electrons. The van der Waals surface area contributed by atoms with Gasteiger partial charge in [0.2, 0.25) is 0 Å². The van der Waals surface area contributed by atoms with Crippen LogP contribution >= 0.6 is 11.3 Å². The van der Waals surface area contributed by atoms with E-state index in [1.807, 2.05) is 59.4 Å². The van der Waals surface area contributed by atoms with Gasteiger partial charge in [-0.15, -0.1) is 0 Å². The monoisotopic (exact) mass is 773 g/mol. The van der Waals surface area contributed by atoms with Crippen LogP contribution in [0.15, 0.2) is 67.0 Å².